The molecule has 1 aliphatic heterocycles. The van der Waals surface area contributed by atoms with Gasteiger partial charge in [-0.1, -0.05) is 19.8 Å². The Morgan fingerprint density at radius 3 is 2.50 bits per heavy atom. The maximum atomic E-state index is 12.7. The highest BCUT2D eigenvalue weighted by Crippen LogP contribution is 2.39. The van der Waals surface area contributed by atoms with Crippen LogP contribution in [0.3, 0.4) is 0 Å². The number of carbonyl (C=O) groups is 1. The minimum Gasteiger partial charge on any atom is -0.339 e. The van der Waals surface area contributed by atoms with Crippen molar-refractivity contribution in [1.82, 2.24) is 9.80 Å². The Morgan fingerprint density at radius 2 is 2.00 bits per heavy atom. The van der Waals surface area contributed by atoms with Crippen molar-refractivity contribution in [3.05, 3.63) is 0 Å². The van der Waals surface area contributed by atoms with Gasteiger partial charge < -0.3 is 10.6 Å². The molecule has 1 aliphatic carbocycles. The molecule has 2 fully saturated rings. The van der Waals surface area contributed by atoms with Crippen molar-refractivity contribution < 1.29 is 4.79 Å². The molecular weight excluding hydrogens is 226 g/mol. The Morgan fingerprint density at radius 1 is 1.33 bits per heavy atom. The zero-order valence-corrected chi connectivity index (χ0v) is 11.8. The van der Waals surface area contributed by atoms with Crippen molar-refractivity contribution in [2.75, 3.05) is 32.7 Å². The number of amides is 1. The van der Waals surface area contributed by atoms with E-state index in [4.69, 9.17) is 5.73 Å². The fraction of sp³-hybridized carbons (Fsp3) is 0.929. The largest absolute Gasteiger partial charge is 0.339 e. The highest BCUT2D eigenvalue weighted by Gasteiger charge is 2.43. The van der Waals surface area contributed by atoms with Crippen LogP contribution < -0.4 is 5.73 Å². The van der Waals surface area contributed by atoms with Crippen LogP contribution in [-0.4, -0.2) is 54.5 Å². The first-order chi connectivity index (χ1) is 8.63. The number of hydrogen-bond acceptors (Lipinski definition) is 3. The Labute approximate surface area is 110 Å². The van der Waals surface area contributed by atoms with E-state index in [1.165, 1.54) is 0 Å². The van der Waals surface area contributed by atoms with E-state index >= 15 is 0 Å². The normalized spacial score (nSPS) is 28.6. The first kappa shape index (κ1) is 13.8. The summed E-state index contributed by atoms with van der Waals surface area (Å²) in [6, 6.07) is 0.476. The van der Waals surface area contributed by atoms with E-state index in [2.05, 4.69) is 23.6 Å². The summed E-state index contributed by atoms with van der Waals surface area (Å²) in [5, 5.41) is 0. The van der Waals surface area contributed by atoms with E-state index in [1.54, 1.807) is 0 Å². The van der Waals surface area contributed by atoms with Gasteiger partial charge in [0.2, 0.25) is 5.91 Å². The van der Waals surface area contributed by atoms with Gasteiger partial charge in [-0.25, -0.2) is 0 Å². The monoisotopic (exact) mass is 253 g/mol. The van der Waals surface area contributed by atoms with Gasteiger partial charge in [0, 0.05) is 32.2 Å². The number of likely N-dealkylation sites (N-methyl/N-ethyl adjacent to an activating group) is 1. The third-order valence-corrected chi connectivity index (χ3v) is 4.86. The Balaban J connectivity index is 2.01. The van der Waals surface area contributed by atoms with Gasteiger partial charge in [-0.05, 0) is 26.3 Å². The number of carbonyl (C=O) groups excluding carboxylic acids is 1. The summed E-state index contributed by atoms with van der Waals surface area (Å²) in [5.41, 5.74) is 5.68. The Hall–Kier alpha value is -0.610. The molecule has 0 aromatic carbocycles. The fourth-order valence-corrected chi connectivity index (χ4v) is 3.54. The summed E-state index contributed by atoms with van der Waals surface area (Å²) in [6.07, 6.45) is 4.30. The van der Waals surface area contributed by atoms with Gasteiger partial charge in [0.15, 0.2) is 0 Å². The van der Waals surface area contributed by atoms with Gasteiger partial charge in [-0.2, -0.15) is 0 Å². The molecule has 104 valence electrons. The van der Waals surface area contributed by atoms with Gasteiger partial charge in [-0.15, -0.1) is 0 Å². The van der Waals surface area contributed by atoms with Crippen molar-refractivity contribution in [2.45, 2.75) is 45.6 Å². The molecule has 1 atom stereocenters. The smallest absolute Gasteiger partial charge is 0.230 e. The van der Waals surface area contributed by atoms with Crippen LogP contribution in [-0.2, 0) is 4.79 Å². The van der Waals surface area contributed by atoms with Gasteiger partial charge in [-0.3, -0.25) is 9.69 Å². The van der Waals surface area contributed by atoms with Crippen LogP contribution >= 0.6 is 0 Å². The lowest BCUT2D eigenvalue weighted by atomic mass is 9.84. The third-order valence-electron chi connectivity index (χ3n) is 4.86. The molecule has 4 nitrogen and oxygen atoms in total. The molecule has 0 aromatic heterocycles. The van der Waals surface area contributed by atoms with Crippen molar-refractivity contribution in [3.63, 3.8) is 0 Å². The van der Waals surface area contributed by atoms with Crippen LogP contribution in [0.1, 0.15) is 39.5 Å². The minimum absolute atomic E-state index is 0.228. The molecule has 2 rings (SSSR count). The highest BCUT2D eigenvalue weighted by atomic mass is 16.2. The Bertz CT molecular complexity index is 299. The maximum Gasteiger partial charge on any atom is 0.230 e. The molecule has 0 bridgehead atoms. The number of hydrogen-bond donors (Lipinski definition) is 1. The van der Waals surface area contributed by atoms with Crippen molar-refractivity contribution in [1.29, 1.82) is 0 Å². The lowest BCUT2D eigenvalue weighted by molar-refractivity contribution is -0.144. The van der Waals surface area contributed by atoms with E-state index in [0.717, 1.165) is 51.9 Å². The van der Waals surface area contributed by atoms with E-state index in [0.29, 0.717) is 18.5 Å². The van der Waals surface area contributed by atoms with E-state index in [-0.39, 0.29) is 5.41 Å². The van der Waals surface area contributed by atoms with Crippen LogP contribution in [0.15, 0.2) is 0 Å². The molecule has 0 radical (unpaired) electrons. The topological polar surface area (TPSA) is 49.6 Å². The second-order valence-electron chi connectivity index (χ2n) is 5.92. The molecule has 0 spiro atoms. The maximum absolute atomic E-state index is 12.7. The van der Waals surface area contributed by atoms with Gasteiger partial charge in [0.1, 0.15) is 0 Å². The molecule has 18 heavy (non-hydrogen) atoms. The molecule has 1 heterocycles. The molecule has 1 saturated heterocycles. The number of nitrogens with two attached hydrogens (primary N) is 1. The molecule has 2 N–H and O–H groups in total. The highest BCUT2D eigenvalue weighted by molar-refractivity contribution is 5.83. The average Bonchev–Trinajstić information content (AvgIpc) is 2.87. The summed E-state index contributed by atoms with van der Waals surface area (Å²) in [6.45, 7) is 8.75. The quantitative estimate of drug-likeness (QED) is 0.818. The lowest BCUT2D eigenvalue weighted by Gasteiger charge is -2.42. The minimum atomic E-state index is -0.228. The summed E-state index contributed by atoms with van der Waals surface area (Å²) in [7, 11) is 0. The predicted molar refractivity (Wildman–Crippen MR) is 73.2 cm³/mol. The summed E-state index contributed by atoms with van der Waals surface area (Å²) in [5.74, 6) is 0.324. The lowest BCUT2D eigenvalue weighted by Crippen LogP contribution is -2.57. The number of rotatable bonds is 3. The second-order valence-corrected chi connectivity index (χ2v) is 5.92. The third kappa shape index (κ3) is 2.41. The SMILES string of the molecule is CCN1CCN(C(=O)C2(CN)CCCC2)CC1C. The zero-order chi connectivity index (χ0) is 13.2. The van der Waals surface area contributed by atoms with Crippen LogP contribution in [0, 0.1) is 5.41 Å². The summed E-state index contributed by atoms with van der Waals surface area (Å²) >= 11 is 0. The van der Waals surface area contributed by atoms with Crippen molar-refractivity contribution in [2.24, 2.45) is 11.1 Å². The Kier molecular flexibility index (Phi) is 4.28. The van der Waals surface area contributed by atoms with Gasteiger partial charge in [0.25, 0.3) is 0 Å². The van der Waals surface area contributed by atoms with Crippen LogP contribution in [0.25, 0.3) is 0 Å². The van der Waals surface area contributed by atoms with Crippen molar-refractivity contribution in [3.8, 4) is 0 Å². The fourth-order valence-electron chi connectivity index (χ4n) is 3.54. The first-order valence-corrected chi connectivity index (χ1v) is 7.36. The molecule has 1 saturated carbocycles. The molecule has 0 aromatic rings. The zero-order valence-electron chi connectivity index (χ0n) is 11.8. The second kappa shape index (κ2) is 5.57. The molecule has 4 heteroatoms. The molecule has 2 aliphatic rings. The van der Waals surface area contributed by atoms with Crippen molar-refractivity contribution >= 4 is 5.91 Å². The number of nitrogens with zero attached hydrogens (tertiary/aromatic N) is 2. The van der Waals surface area contributed by atoms with Crippen LogP contribution in [0.4, 0.5) is 0 Å². The number of piperazine rings is 1. The van der Waals surface area contributed by atoms with E-state index < -0.39 is 0 Å². The van der Waals surface area contributed by atoms with Gasteiger partial charge >= 0.3 is 0 Å². The standard InChI is InChI=1S/C14H27N3O/c1-3-16-8-9-17(10-12(16)2)13(18)14(11-15)6-4-5-7-14/h12H,3-11,15H2,1-2H3. The first-order valence-electron chi connectivity index (χ1n) is 7.36. The van der Waals surface area contributed by atoms with E-state index in [9.17, 15) is 4.79 Å². The van der Waals surface area contributed by atoms with E-state index in [1.807, 2.05) is 0 Å². The van der Waals surface area contributed by atoms with Crippen LogP contribution in [0.2, 0.25) is 0 Å². The molecule has 1 amide bonds. The summed E-state index contributed by atoms with van der Waals surface area (Å²) < 4.78 is 0. The van der Waals surface area contributed by atoms with Gasteiger partial charge in [0.05, 0.1) is 5.41 Å². The molecular formula is C14H27N3O. The van der Waals surface area contributed by atoms with Crippen LogP contribution in [0.5, 0.6) is 0 Å². The average molecular weight is 253 g/mol. The summed E-state index contributed by atoms with van der Waals surface area (Å²) in [4.78, 5) is 17.2. The molecule has 1 unspecified atom stereocenters. The predicted octanol–water partition coefficient (Wildman–Crippen LogP) is 1.06.